The molecule has 2 N–H and O–H groups in total. The Morgan fingerprint density at radius 3 is 3.11 bits per heavy atom. The van der Waals surface area contributed by atoms with Crippen LogP contribution in [-0.4, -0.2) is 29.4 Å². The maximum atomic E-state index is 11.8. The summed E-state index contributed by atoms with van der Waals surface area (Å²) in [4.78, 5) is 15.5. The van der Waals surface area contributed by atoms with Crippen molar-refractivity contribution >= 4 is 17.4 Å². The predicted molar refractivity (Wildman–Crippen MR) is 67.5 cm³/mol. The van der Waals surface area contributed by atoms with Gasteiger partial charge in [0.2, 0.25) is 0 Å². The second-order valence-electron chi connectivity index (χ2n) is 4.48. The summed E-state index contributed by atoms with van der Waals surface area (Å²) in [5.74, 6) is 0.223. The lowest BCUT2D eigenvalue weighted by atomic mass is 10.1. The van der Waals surface area contributed by atoms with Crippen molar-refractivity contribution in [2.24, 2.45) is 5.92 Å². The molecule has 0 saturated carbocycles. The van der Waals surface area contributed by atoms with Gasteiger partial charge in [-0.05, 0) is 6.42 Å². The van der Waals surface area contributed by atoms with Crippen molar-refractivity contribution in [1.29, 1.82) is 0 Å². The molecule has 3 atom stereocenters. The molecule has 7 heteroatoms. The number of hydrogen-bond acceptors (Lipinski definition) is 5. The van der Waals surface area contributed by atoms with Gasteiger partial charge in [0.15, 0.2) is 0 Å². The third-order valence-corrected chi connectivity index (χ3v) is 3.31. The van der Waals surface area contributed by atoms with Gasteiger partial charge < -0.3 is 15.2 Å². The van der Waals surface area contributed by atoms with Crippen molar-refractivity contribution in [2.75, 3.05) is 19.5 Å². The first-order valence-electron chi connectivity index (χ1n) is 5.71. The number of halogens is 1. The minimum Gasteiger partial charge on any atom is -0.382 e. The molecule has 0 aliphatic carbocycles. The van der Waals surface area contributed by atoms with Crippen LogP contribution >= 0.6 is 11.6 Å². The van der Waals surface area contributed by atoms with Gasteiger partial charge in [-0.3, -0.25) is 4.57 Å². The van der Waals surface area contributed by atoms with Crippen molar-refractivity contribution in [3.8, 4) is 0 Å². The van der Waals surface area contributed by atoms with E-state index in [9.17, 15) is 4.79 Å². The summed E-state index contributed by atoms with van der Waals surface area (Å²) in [6.45, 7) is 2.52. The van der Waals surface area contributed by atoms with E-state index in [4.69, 9.17) is 26.8 Å². The molecule has 1 aromatic heterocycles. The quantitative estimate of drug-likeness (QED) is 0.890. The SMILES string of the molecule is COCC1CC(C)C(n2cc(Cl)c(N)nc2=O)O1. The molecule has 1 aromatic rings. The van der Waals surface area contributed by atoms with Gasteiger partial charge in [-0.2, -0.15) is 4.98 Å². The number of nitrogens with zero attached hydrogens (tertiary/aromatic N) is 2. The van der Waals surface area contributed by atoms with Gasteiger partial charge in [0.25, 0.3) is 0 Å². The van der Waals surface area contributed by atoms with E-state index < -0.39 is 5.69 Å². The van der Waals surface area contributed by atoms with Gasteiger partial charge in [0.05, 0.1) is 17.7 Å². The lowest BCUT2D eigenvalue weighted by molar-refractivity contribution is -0.0412. The molecule has 1 saturated heterocycles. The van der Waals surface area contributed by atoms with Crippen LogP contribution in [0.15, 0.2) is 11.0 Å². The molecule has 0 radical (unpaired) electrons. The lowest BCUT2D eigenvalue weighted by Gasteiger charge is -2.18. The van der Waals surface area contributed by atoms with Crippen LogP contribution in [0.5, 0.6) is 0 Å². The first-order chi connectivity index (χ1) is 8.52. The van der Waals surface area contributed by atoms with Crippen LogP contribution in [-0.2, 0) is 9.47 Å². The summed E-state index contributed by atoms with van der Waals surface area (Å²) in [7, 11) is 1.62. The zero-order valence-corrected chi connectivity index (χ0v) is 11.1. The molecule has 2 rings (SSSR count). The molecule has 0 aromatic carbocycles. The smallest absolute Gasteiger partial charge is 0.351 e. The summed E-state index contributed by atoms with van der Waals surface area (Å²) in [6.07, 6.45) is 1.91. The van der Waals surface area contributed by atoms with Gasteiger partial charge in [-0.15, -0.1) is 0 Å². The molecule has 1 aliphatic heterocycles. The highest BCUT2D eigenvalue weighted by Gasteiger charge is 2.34. The number of nitrogen functional groups attached to an aromatic ring is 1. The molecule has 6 nitrogen and oxygen atoms in total. The highest BCUT2D eigenvalue weighted by molar-refractivity contribution is 6.32. The van der Waals surface area contributed by atoms with Crippen LogP contribution in [0.3, 0.4) is 0 Å². The molecule has 3 unspecified atom stereocenters. The van der Waals surface area contributed by atoms with Crippen molar-refractivity contribution in [2.45, 2.75) is 25.7 Å². The third-order valence-electron chi connectivity index (χ3n) is 3.01. The van der Waals surface area contributed by atoms with Gasteiger partial charge in [0, 0.05) is 19.2 Å². The molecular formula is C11H16ClN3O3. The molecule has 0 spiro atoms. The van der Waals surface area contributed by atoms with E-state index in [1.807, 2.05) is 6.92 Å². The van der Waals surface area contributed by atoms with Crippen molar-refractivity contribution in [3.05, 3.63) is 21.7 Å². The van der Waals surface area contributed by atoms with Crippen molar-refractivity contribution < 1.29 is 9.47 Å². The van der Waals surface area contributed by atoms with Crippen LogP contribution in [0.4, 0.5) is 5.82 Å². The molecule has 100 valence electrons. The zero-order valence-electron chi connectivity index (χ0n) is 10.3. The average Bonchev–Trinajstić information content (AvgIpc) is 2.65. The molecule has 2 heterocycles. The lowest BCUT2D eigenvalue weighted by Crippen LogP contribution is -2.30. The van der Waals surface area contributed by atoms with Crippen LogP contribution in [0.2, 0.25) is 5.02 Å². The highest BCUT2D eigenvalue weighted by atomic mass is 35.5. The van der Waals surface area contributed by atoms with E-state index in [-0.39, 0.29) is 29.1 Å². The van der Waals surface area contributed by atoms with Gasteiger partial charge in [-0.1, -0.05) is 18.5 Å². The summed E-state index contributed by atoms with van der Waals surface area (Å²) >= 11 is 5.88. The fourth-order valence-corrected chi connectivity index (χ4v) is 2.34. The summed E-state index contributed by atoms with van der Waals surface area (Å²) in [5, 5.41) is 0.251. The third kappa shape index (κ3) is 2.50. The molecule has 18 heavy (non-hydrogen) atoms. The van der Waals surface area contributed by atoms with E-state index >= 15 is 0 Å². The first kappa shape index (κ1) is 13.3. The van der Waals surface area contributed by atoms with E-state index in [1.54, 1.807) is 7.11 Å². The number of anilines is 1. The number of ether oxygens (including phenoxy) is 2. The Labute approximate surface area is 110 Å². The largest absolute Gasteiger partial charge is 0.382 e. The summed E-state index contributed by atoms with van der Waals surface area (Å²) in [5.41, 5.74) is 5.03. The average molecular weight is 274 g/mol. The van der Waals surface area contributed by atoms with Crippen molar-refractivity contribution in [3.63, 3.8) is 0 Å². The summed E-state index contributed by atoms with van der Waals surface area (Å²) in [6, 6.07) is 0. The maximum absolute atomic E-state index is 11.8. The Bertz CT molecular complexity index is 491. The first-order valence-corrected chi connectivity index (χ1v) is 6.09. The number of nitrogens with two attached hydrogens (primary N) is 1. The Kier molecular flexibility index (Phi) is 3.89. The fraction of sp³-hybridized carbons (Fsp3) is 0.636. The number of hydrogen-bond donors (Lipinski definition) is 1. The molecule has 1 fully saturated rings. The number of rotatable bonds is 3. The maximum Gasteiger partial charge on any atom is 0.351 e. The number of aromatic nitrogens is 2. The Balaban J connectivity index is 2.27. The van der Waals surface area contributed by atoms with E-state index in [0.717, 1.165) is 6.42 Å². The van der Waals surface area contributed by atoms with Crippen LogP contribution in [0.25, 0.3) is 0 Å². The minimum absolute atomic E-state index is 0.0155. The van der Waals surface area contributed by atoms with Gasteiger partial charge in [-0.25, -0.2) is 4.79 Å². The van der Waals surface area contributed by atoms with Crippen LogP contribution in [0, 0.1) is 5.92 Å². The minimum atomic E-state index is -0.452. The Morgan fingerprint density at radius 2 is 2.44 bits per heavy atom. The van der Waals surface area contributed by atoms with Crippen LogP contribution in [0.1, 0.15) is 19.6 Å². The van der Waals surface area contributed by atoms with E-state index in [1.165, 1.54) is 10.8 Å². The predicted octanol–water partition coefficient (Wildman–Crippen LogP) is 1.05. The Hall–Kier alpha value is -1.11. The molecule has 0 amide bonds. The standard InChI is InChI=1S/C11H16ClN3O3/c1-6-3-7(5-17-2)18-10(6)15-4-8(12)9(13)14-11(15)16/h4,6-7,10H,3,5H2,1-2H3,(H2,13,14,16). The van der Waals surface area contributed by atoms with Crippen molar-refractivity contribution in [1.82, 2.24) is 9.55 Å². The topological polar surface area (TPSA) is 79.4 Å². The molecule has 0 bridgehead atoms. The normalized spacial score (nSPS) is 27.6. The van der Waals surface area contributed by atoms with E-state index in [2.05, 4.69) is 4.98 Å². The van der Waals surface area contributed by atoms with Gasteiger partial charge >= 0.3 is 5.69 Å². The second kappa shape index (κ2) is 5.26. The monoisotopic (exact) mass is 273 g/mol. The second-order valence-corrected chi connectivity index (χ2v) is 4.89. The molecular weight excluding hydrogens is 258 g/mol. The number of methoxy groups -OCH3 is 1. The van der Waals surface area contributed by atoms with Gasteiger partial charge in [0.1, 0.15) is 12.0 Å². The molecule has 1 aliphatic rings. The highest BCUT2D eigenvalue weighted by Crippen LogP contribution is 2.33. The van der Waals surface area contributed by atoms with Crippen LogP contribution < -0.4 is 11.4 Å². The fourth-order valence-electron chi connectivity index (χ4n) is 2.19. The Morgan fingerprint density at radius 1 is 1.72 bits per heavy atom. The van der Waals surface area contributed by atoms with E-state index in [0.29, 0.717) is 6.61 Å². The summed E-state index contributed by atoms with van der Waals surface area (Å²) < 4.78 is 12.2. The zero-order chi connectivity index (χ0) is 13.3.